The van der Waals surface area contributed by atoms with Gasteiger partial charge in [-0.15, -0.1) is 0 Å². The summed E-state index contributed by atoms with van der Waals surface area (Å²) in [7, 11) is -3.56. The third kappa shape index (κ3) is 11.4. The second-order valence-electron chi connectivity index (χ2n) is 7.73. The van der Waals surface area contributed by atoms with Crippen molar-refractivity contribution in [3.63, 3.8) is 0 Å². The van der Waals surface area contributed by atoms with E-state index in [4.69, 9.17) is 31.3 Å². The maximum atomic E-state index is 12.3. The van der Waals surface area contributed by atoms with Gasteiger partial charge in [0.05, 0.1) is 11.3 Å². The van der Waals surface area contributed by atoms with Crippen LogP contribution < -0.4 is 16.2 Å². The molecule has 0 atom stereocenters. The Morgan fingerprint density at radius 3 is 1.90 bits per heavy atom. The summed E-state index contributed by atoms with van der Waals surface area (Å²) in [6.45, 7) is 0.728. The number of hydrogen-bond donors (Lipinski definition) is 6. The van der Waals surface area contributed by atoms with Crippen molar-refractivity contribution in [2.24, 2.45) is 11.5 Å². The minimum atomic E-state index is -5.08. The molecule has 3 aromatic rings. The average Bonchev–Trinajstić information content (AvgIpc) is 3.25. The van der Waals surface area contributed by atoms with Crippen LogP contribution in [0.1, 0.15) is 12.1 Å². The van der Waals surface area contributed by atoms with Gasteiger partial charge in [-0.05, 0) is 48.4 Å². The average molecular weight is 616 g/mol. The van der Waals surface area contributed by atoms with Crippen LogP contribution in [0.4, 0.5) is 26.3 Å². The van der Waals surface area contributed by atoms with E-state index in [1.54, 1.807) is 30.5 Å². The molecule has 0 spiro atoms. The number of carbonyl (C=O) groups excluding carboxylic acids is 1. The number of nitrogens with two attached hydrogens (primary N) is 2. The van der Waals surface area contributed by atoms with E-state index >= 15 is 0 Å². The van der Waals surface area contributed by atoms with E-state index in [9.17, 15) is 39.6 Å². The summed E-state index contributed by atoms with van der Waals surface area (Å²) in [4.78, 5) is 36.5. The zero-order valence-electron chi connectivity index (χ0n) is 20.6. The standard InChI is InChI=1S/C18H21N5O3S.2C2HF3O2/c19-7-1-8-22-27(25,26)14-4-2-12(3-5-14)15-6-9-21-18-16(15)10-13(23-18)11-17(20)24;2*3-2(4,5)1(6)7/h2-6,9-10,22H,1,7-8,11,19H2,(H2,20,24)(H,21,23);2*(H,6,7). The van der Waals surface area contributed by atoms with Gasteiger partial charge < -0.3 is 26.7 Å². The number of fused-ring (bicyclic) bond motifs is 1. The first-order chi connectivity index (χ1) is 18.8. The number of primary amides is 1. The molecule has 0 saturated heterocycles. The topological polar surface area (TPSA) is 219 Å². The fourth-order valence-electron chi connectivity index (χ4n) is 2.82. The number of alkyl halides is 6. The van der Waals surface area contributed by atoms with Crippen molar-refractivity contribution in [3.05, 3.63) is 48.3 Å². The van der Waals surface area contributed by atoms with Crippen LogP contribution in [0.2, 0.25) is 0 Å². The highest BCUT2D eigenvalue weighted by molar-refractivity contribution is 7.89. The highest BCUT2D eigenvalue weighted by Crippen LogP contribution is 2.29. The van der Waals surface area contributed by atoms with Crippen LogP contribution in [0.3, 0.4) is 0 Å². The molecule has 0 fully saturated rings. The van der Waals surface area contributed by atoms with Gasteiger partial charge in [0.25, 0.3) is 0 Å². The van der Waals surface area contributed by atoms with E-state index in [0.717, 1.165) is 16.5 Å². The monoisotopic (exact) mass is 615 g/mol. The molecule has 1 aromatic carbocycles. The fourth-order valence-corrected chi connectivity index (χ4v) is 3.90. The second kappa shape index (κ2) is 14.4. The number of nitrogens with one attached hydrogen (secondary N) is 2. The van der Waals surface area contributed by atoms with Gasteiger partial charge in [-0.3, -0.25) is 4.79 Å². The Hall–Kier alpha value is -4.23. The number of nitrogens with zero attached hydrogens (tertiary/aromatic N) is 1. The van der Waals surface area contributed by atoms with E-state index in [1.807, 2.05) is 12.1 Å². The third-order valence-electron chi connectivity index (χ3n) is 4.59. The van der Waals surface area contributed by atoms with Crippen LogP contribution >= 0.6 is 0 Å². The lowest BCUT2D eigenvalue weighted by Gasteiger charge is -2.08. The van der Waals surface area contributed by atoms with Crippen LogP contribution in [0.5, 0.6) is 0 Å². The highest BCUT2D eigenvalue weighted by Gasteiger charge is 2.38. The van der Waals surface area contributed by atoms with Gasteiger partial charge in [0.1, 0.15) is 5.65 Å². The van der Waals surface area contributed by atoms with Crippen LogP contribution in [-0.2, 0) is 30.8 Å². The predicted octanol–water partition coefficient (Wildman–Crippen LogP) is 2.15. The van der Waals surface area contributed by atoms with Crippen LogP contribution in [0.25, 0.3) is 22.2 Å². The quantitative estimate of drug-likeness (QED) is 0.161. The smallest absolute Gasteiger partial charge is 0.475 e. The molecule has 226 valence electrons. The summed E-state index contributed by atoms with van der Waals surface area (Å²) in [6, 6.07) is 10.3. The van der Waals surface area contributed by atoms with Crippen molar-refractivity contribution in [1.29, 1.82) is 0 Å². The number of carboxylic acids is 2. The first kappa shape index (κ1) is 34.8. The second-order valence-corrected chi connectivity index (χ2v) is 9.50. The van der Waals surface area contributed by atoms with E-state index in [2.05, 4.69) is 14.7 Å². The number of rotatable bonds is 8. The molecule has 41 heavy (non-hydrogen) atoms. The number of aromatic nitrogens is 2. The number of carbonyl (C=O) groups is 3. The van der Waals surface area contributed by atoms with Gasteiger partial charge in [-0.1, -0.05) is 12.1 Å². The molecule has 0 saturated carbocycles. The summed E-state index contributed by atoms with van der Waals surface area (Å²) in [6.07, 6.45) is -7.84. The molecule has 0 radical (unpaired) electrons. The third-order valence-corrected chi connectivity index (χ3v) is 6.06. The van der Waals surface area contributed by atoms with Gasteiger partial charge in [-0.2, -0.15) is 26.3 Å². The lowest BCUT2D eigenvalue weighted by atomic mass is 10.0. The fraction of sp³-hybridized carbons (Fsp3) is 0.273. The van der Waals surface area contributed by atoms with Crippen molar-refractivity contribution in [2.75, 3.05) is 13.1 Å². The summed E-state index contributed by atoms with van der Waals surface area (Å²) < 4.78 is 90.5. The molecule has 0 unspecified atom stereocenters. The number of H-pyrrole nitrogens is 1. The first-order valence-electron chi connectivity index (χ1n) is 10.9. The lowest BCUT2D eigenvalue weighted by molar-refractivity contribution is -0.193. The van der Waals surface area contributed by atoms with E-state index in [1.165, 1.54) is 0 Å². The summed E-state index contributed by atoms with van der Waals surface area (Å²) in [5, 5.41) is 15.1. The number of aromatic amines is 1. The lowest BCUT2D eigenvalue weighted by Crippen LogP contribution is -2.26. The van der Waals surface area contributed by atoms with Crippen LogP contribution in [0, 0.1) is 0 Å². The molecule has 0 bridgehead atoms. The van der Waals surface area contributed by atoms with Gasteiger partial charge >= 0.3 is 24.3 Å². The summed E-state index contributed by atoms with van der Waals surface area (Å²) in [5.41, 5.74) is 13.7. The van der Waals surface area contributed by atoms with Crippen molar-refractivity contribution in [3.8, 4) is 11.1 Å². The van der Waals surface area contributed by atoms with E-state index in [-0.39, 0.29) is 11.3 Å². The number of halogens is 6. The predicted molar refractivity (Wildman–Crippen MR) is 131 cm³/mol. The largest absolute Gasteiger partial charge is 0.490 e. The molecular formula is C22H23F6N5O7S. The Kier molecular flexibility index (Phi) is 12.2. The van der Waals surface area contributed by atoms with Crippen molar-refractivity contribution in [2.45, 2.75) is 30.1 Å². The number of benzene rings is 1. The molecule has 2 heterocycles. The van der Waals surface area contributed by atoms with Crippen molar-refractivity contribution >= 4 is 38.9 Å². The zero-order valence-corrected chi connectivity index (χ0v) is 21.4. The molecule has 1 amide bonds. The Morgan fingerprint density at radius 1 is 0.951 bits per heavy atom. The minimum Gasteiger partial charge on any atom is -0.475 e. The summed E-state index contributed by atoms with van der Waals surface area (Å²) in [5.74, 6) is -5.94. The highest BCUT2D eigenvalue weighted by atomic mass is 32.2. The van der Waals surface area contributed by atoms with Gasteiger partial charge in [-0.25, -0.2) is 27.7 Å². The maximum absolute atomic E-state index is 12.3. The molecule has 8 N–H and O–H groups in total. The van der Waals surface area contributed by atoms with E-state index in [0.29, 0.717) is 30.9 Å². The number of sulfonamides is 1. The number of aliphatic carboxylic acids is 2. The molecular weight excluding hydrogens is 592 g/mol. The molecule has 19 heteroatoms. The molecule has 0 aliphatic heterocycles. The summed E-state index contributed by atoms with van der Waals surface area (Å²) >= 11 is 0. The Morgan fingerprint density at radius 2 is 1.46 bits per heavy atom. The Labute approximate surface area is 227 Å². The number of pyridine rings is 1. The Bertz CT molecular complexity index is 1430. The van der Waals surface area contributed by atoms with Gasteiger partial charge in [0, 0.05) is 23.8 Å². The number of hydrogen-bond acceptors (Lipinski definition) is 7. The van der Waals surface area contributed by atoms with E-state index < -0.39 is 40.2 Å². The molecule has 0 aliphatic rings. The van der Waals surface area contributed by atoms with Gasteiger partial charge in [0.2, 0.25) is 15.9 Å². The number of carboxylic acid groups (broad SMARTS) is 2. The molecule has 12 nitrogen and oxygen atoms in total. The number of amides is 1. The Balaban J connectivity index is 0.000000497. The van der Waals surface area contributed by atoms with Crippen molar-refractivity contribution in [1.82, 2.24) is 14.7 Å². The normalized spacial score (nSPS) is 11.6. The molecule has 3 rings (SSSR count). The van der Waals surface area contributed by atoms with Gasteiger partial charge in [0.15, 0.2) is 0 Å². The first-order valence-corrected chi connectivity index (χ1v) is 12.4. The SMILES string of the molecule is NCCCNS(=O)(=O)c1ccc(-c2ccnc3[nH]c(CC(N)=O)cc23)cc1.O=C(O)C(F)(F)F.O=C(O)C(F)(F)F. The molecule has 0 aliphatic carbocycles. The molecule has 2 aromatic heterocycles. The minimum absolute atomic E-state index is 0.0987. The maximum Gasteiger partial charge on any atom is 0.490 e. The van der Waals surface area contributed by atoms with Crippen molar-refractivity contribution < 1.29 is 59.4 Å². The van der Waals surface area contributed by atoms with Crippen LogP contribution in [-0.4, -0.2) is 71.9 Å². The zero-order chi connectivity index (χ0) is 31.6. The van der Waals surface area contributed by atoms with Crippen LogP contribution in [0.15, 0.2) is 47.5 Å².